The van der Waals surface area contributed by atoms with Crippen molar-refractivity contribution in [1.82, 2.24) is 10.2 Å². The molecule has 180 valence electrons. The number of fused-ring (bicyclic) bond motifs is 1. The lowest BCUT2D eigenvalue weighted by Gasteiger charge is -2.44. The average Bonchev–Trinajstić information content (AvgIpc) is 3.30. The van der Waals surface area contributed by atoms with Gasteiger partial charge in [-0.2, -0.15) is 0 Å². The van der Waals surface area contributed by atoms with Gasteiger partial charge in [-0.25, -0.2) is 0 Å². The molecule has 2 fully saturated rings. The molecule has 5 rings (SSSR count). The quantitative estimate of drug-likeness (QED) is 0.525. The first kappa shape index (κ1) is 23.7. The molecule has 2 amide bonds. The molecule has 0 aromatic heterocycles. The van der Waals surface area contributed by atoms with E-state index in [0.29, 0.717) is 22.4 Å². The molecule has 1 aliphatic heterocycles. The molecule has 1 heterocycles. The molecule has 3 aliphatic rings. The molecule has 0 saturated heterocycles. The number of carbonyl (C=O) groups excluding carboxylic acids is 2. The van der Waals surface area contributed by atoms with Crippen LogP contribution in [0.3, 0.4) is 0 Å². The van der Waals surface area contributed by atoms with Crippen molar-refractivity contribution in [3.63, 3.8) is 0 Å². The summed E-state index contributed by atoms with van der Waals surface area (Å²) in [5.74, 6) is 0.435. The molecule has 2 aromatic carbocycles. The van der Waals surface area contributed by atoms with E-state index in [4.69, 9.17) is 23.2 Å². The van der Waals surface area contributed by atoms with Crippen LogP contribution in [0.4, 0.5) is 5.69 Å². The first-order valence-corrected chi connectivity index (χ1v) is 13.0. The van der Waals surface area contributed by atoms with Gasteiger partial charge >= 0.3 is 0 Å². The first-order valence-electron chi connectivity index (χ1n) is 12.3. The van der Waals surface area contributed by atoms with Crippen LogP contribution in [0.25, 0.3) is 0 Å². The molecule has 7 heteroatoms. The monoisotopic (exact) mass is 499 g/mol. The van der Waals surface area contributed by atoms with Crippen molar-refractivity contribution >= 4 is 40.7 Å². The highest BCUT2D eigenvalue weighted by Crippen LogP contribution is 2.47. The Kier molecular flexibility index (Phi) is 6.62. The minimum absolute atomic E-state index is 0.00932. The molecule has 5 nitrogen and oxygen atoms in total. The van der Waals surface area contributed by atoms with Crippen molar-refractivity contribution in [2.75, 3.05) is 11.9 Å². The van der Waals surface area contributed by atoms with Crippen molar-refractivity contribution in [2.45, 2.75) is 69.5 Å². The fourth-order valence-electron chi connectivity index (χ4n) is 5.85. The SMILES string of the molecule is C[C@@H]1CC[C@@H](N(CC(=O)NC2CCC2)C2(Cc3cccc(Cl)c3)C(=O)Nc3cc(Cl)ccc32)C1. The number of nitrogens with zero attached hydrogens (tertiary/aromatic N) is 1. The number of hydrogen-bond acceptors (Lipinski definition) is 3. The molecule has 0 bridgehead atoms. The number of nitrogens with one attached hydrogen (secondary N) is 2. The standard InChI is InChI=1S/C27H31Cl2N3O2/c1-17-8-10-22(12-17)32(16-25(33)30-21-6-3-7-21)27(15-18-4-2-5-19(28)13-18)23-11-9-20(29)14-24(23)31-26(27)34/h2,4-5,9,11,13-14,17,21-22H,3,6-8,10,12,15-16H2,1H3,(H,30,33)(H,31,34)/t17-,22-,27?/m1/s1. The Morgan fingerprint density at radius 1 is 1.12 bits per heavy atom. The molecule has 1 unspecified atom stereocenters. The van der Waals surface area contributed by atoms with Crippen molar-refractivity contribution in [3.8, 4) is 0 Å². The number of amides is 2. The highest BCUT2D eigenvalue weighted by atomic mass is 35.5. The molecule has 2 aliphatic carbocycles. The molecule has 2 N–H and O–H groups in total. The van der Waals surface area contributed by atoms with Gasteiger partial charge in [0.2, 0.25) is 11.8 Å². The summed E-state index contributed by atoms with van der Waals surface area (Å²) in [6.45, 7) is 2.43. The van der Waals surface area contributed by atoms with Crippen LogP contribution in [0.5, 0.6) is 0 Å². The van der Waals surface area contributed by atoms with E-state index in [9.17, 15) is 9.59 Å². The molecule has 0 spiro atoms. The summed E-state index contributed by atoms with van der Waals surface area (Å²) in [5.41, 5.74) is 1.53. The van der Waals surface area contributed by atoms with Crippen LogP contribution in [0.2, 0.25) is 10.0 Å². The summed E-state index contributed by atoms with van der Waals surface area (Å²) < 4.78 is 0. The summed E-state index contributed by atoms with van der Waals surface area (Å²) in [5, 5.41) is 7.48. The van der Waals surface area contributed by atoms with Gasteiger partial charge in [-0.05, 0) is 74.3 Å². The minimum atomic E-state index is -1.02. The smallest absolute Gasteiger partial charge is 0.249 e. The molecular weight excluding hydrogens is 469 g/mol. The summed E-state index contributed by atoms with van der Waals surface area (Å²) in [6, 6.07) is 13.6. The number of rotatable bonds is 7. The van der Waals surface area contributed by atoms with Gasteiger partial charge in [0, 0.05) is 39.8 Å². The van der Waals surface area contributed by atoms with Gasteiger partial charge in [-0.1, -0.05) is 48.3 Å². The second kappa shape index (κ2) is 9.52. The zero-order valence-corrected chi connectivity index (χ0v) is 21.0. The fourth-order valence-corrected chi connectivity index (χ4v) is 6.23. The Bertz CT molecular complexity index is 1100. The zero-order valence-electron chi connectivity index (χ0n) is 19.4. The van der Waals surface area contributed by atoms with Crippen LogP contribution in [-0.2, 0) is 21.5 Å². The first-order chi connectivity index (χ1) is 16.3. The van der Waals surface area contributed by atoms with Gasteiger partial charge in [-0.3, -0.25) is 14.5 Å². The lowest BCUT2D eigenvalue weighted by Crippen LogP contribution is -2.59. The Morgan fingerprint density at radius 3 is 2.59 bits per heavy atom. The molecule has 3 atom stereocenters. The average molecular weight is 500 g/mol. The predicted molar refractivity (Wildman–Crippen MR) is 136 cm³/mol. The second-order valence-corrected chi connectivity index (χ2v) is 11.1. The van der Waals surface area contributed by atoms with Crippen molar-refractivity contribution in [2.24, 2.45) is 5.92 Å². The molecule has 34 heavy (non-hydrogen) atoms. The number of carbonyl (C=O) groups is 2. The largest absolute Gasteiger partial charge is 0.352 e. The number of anilines is 1. The van der Waals surface area contributed by atoms with Crippen molar-refractivity contribution in [1.29, 1.82) is 0 Å². The molecule has 2 aromatic rings. The van der Waals surface area contributed by atoms with E-state index in [0.717, 1.165) is 55.3 Å². The highest BCUT2D eigenvalue weighted by molar-refractivity contribution is 6.31. The van der Waals surface area contributed by atoms with Crippen LogP contribution in [0, 0.1) is 5.92 Å². The third-order valence-electron chi connectivity index (χ3n) is 7.78. The molecular formula is C27H31Cl2N3O2. The Hall–Kier alpha value is -2.08. The van der Waals surface area contributed by atoms with E-state index in [1.54, 1.807) is 6.07 Å². The maximum absolute atomic E-state index is 13.9. The van der Waals surface area contributed by atoms with E-state index >= 15 is 0 Å². The Balaban J connectivity index is 1.60. The maximum atomic E-state index is 13.9. The van der Waals surface area contributed by atoms with Gasteiger partial charge in [-0.15, -0.1) is 0 Å². The third kappa shape index (κ3) is 4.46. The third-order valence-corrected chi connectivity index (χ3v) is 8.25. The van der Waals surface area contributed by atoms with E-state index < -0.39 is 5.54 Å². The fraction of sp³-hybridized carbons (Fsp3) is 0.481. The van der Waals surface area contributed by atoms with E-state index in [1.165, 1.54) is 0 Å². The Labute approximate surface area is 211 Å². The van der Waals surface area contributed by atoms with E-state index in [-0.39, 0.29) is 30.4 Å². The predicted octanol–water partition coefficient (Wildman–Crippen LogP) is 5.54. The summed E-state index contributed by atoms with van der Waals surface area (Å²) in [6.07, 6.45) is 6.66. The Morgan fingerprint density at radius 2 is 1.91 bits per heavy atom. The van der Waals surface area contributed by atoms with Gasteiger partial charge in [0.25, 0.3) is 0 Å². The second-order valence-electron chi connectivity index (χ2n) is 10.2. The van der Waals surface area contributed by atoms with E-state index in [2.05, 4.69) is 22.5 Å². The highest BCUT2D eigenvalue weighted by Gasteiger charge is 2.54. The zero-order chi connectivity index (χ0) is 23.9. The summed E-state index contributed by atoms with van der Waals surface area (Å²) in [4.78, 5) is 29.4. The van der Waals surface area contributed by atoms with Crippen LogP contribution in [0.1, 0.15) is 56.6 Å². The van der Waals surface area contributed by atoms with Crippen LogP contribution >= 0.6 is 23.2 Å². The summed E-state index contributed by atoms with van der Waals surface area (Å²) >= 11 is 12.6. The van der Waals surface area contributed by atoms with Crippen LogP contribution in [-0.4, -0.2) is 35.3 Å². The van der Waals surface area contributed by atoms with Gasteiger partial charge in [0.05, 0.1) is 6.54 Å². The number of benzene rings is 2. The minimum Gasteiger partial charge on any atom is -0.352 e. The van der Waals surface area contributed by atoms with Crippen LogP contribution < -0.4 is 10.6 Å². The van der Waals surface area contributed by atoms with Gasteiger partial charge in [0.1, 0.15) is 5.54 Å². The number of halogens is 2. The summed E-state index contributed by atoms with van der Waals surface area (Å²) in [7, 11) is 0. The molecule has 0 radical (unpaired) electrons. The molecule has 2 saturated carbocycles. The maximum Gasteiger partial charge on any atom is 0.249 e. The van der Waals surface area contributed by atoms with Gasteiger partial charge in [0.15, 0.2) is 0 Å². The lowest BCUT2D eigenvalue weighted by atomic mass is 9.81. The van der Waals surface area contributed by atoms with E-state index in [1.807, 2.05) is 36.4 Å². The normalized spacial score (nSPS) is 26.3. The number of hydrogen-bond donors (Lipinski definition) is 2. The lowest BCUT2D eigenvalue weighted by molar-refractivity contribution is -0.134. The topological polar surface area (TPSA) is 61.4 Å². The van der Waals surface area contributed by atoms with Gasteiger partial charge < -0.3 is 10.6 Å². The van der Waals surface area contributed by atoms with Crippen molar-refractivity contribution < 1.29 is 9.59 Å². The van der Waals surface area contributed by atoms with Crippen molar-refractivity contribution in [3.05, 3.63) is 63.6 Å². The van der Waals surface area contributed by atoms with Crippen LogP contribution in [0.15, 0.2) is 42.5 Å².